The molecule has 2 fully saturated rings. The van der Waals surface area contributed by atoms with E-state index < -0.39 is 5.60 Å². The molecule has 8 nitrogen and oxygen atoms in total. The average Bonchev–Trinajstić information content (AvgIpc) is 3.20. The Morgan fingerprint density at radius 1 is 1.17 bits per heavy atom. The lowest BCUT2D eigenvalue weighted by atomic mass is 9.91. The number of hydrogen-bond donors (Lipinski definition) is 0. The van der Waals surface area contributed by atoms with Gasteiger partial charge in [0.25, 0.3) is 0 Å². The molecule has 3 rings (SSSR count). The number of ether oxygens (including phenoxy) is 2. The van der Waals surface area contributed by atoms with Gasteiger partial charge in [0, 0.05) is 57.5 Å². The predicted molar refractivity (Wildman–Crippen MR) is 140 cm³/mol. The fourth-order valence-corrected chi connectivity index (χ4v) is 5.02. The maximum atomic E-state index is 12.3. The van der Waals surface area contributed by atoms with Gasteiger partial charge >= 0.3 is 6.09 Å². The molecule has 0 aliphatic carbocycles. The third-order valence-corrected chi connectivity index (χ3v) is 6.85. The Morgan fingerprint density at radius 3 is 2.49 bits per heavy atom. The molecular formula is C27H49N5O3. The van der Waals surface area contributed by atoms with Crippen LogP contribution in [-0.4, -0.2) is 89.6 Å². The maximum Gasteiger partial charge on any atom is 0.410 e. The highest BCUT2D eigenvalue weighted by molar-refractivity contribution is 5.67. The van der Waals surface area contributed by atoms with Crippen LogP contribution >= 0.6 is 0 Å². The fourth-order valence-electron chi connectivity index (χ4n) is 5.02. The van der Waals surface area contributed by atoms with Crippen LogP contribution in [0.3, 0.4) is 0 Å². The lowest BCUT2D eigenvalue weighted by Crippen LogP contribution is -2.38. The number of carbonyl (C=O) groups is 1. The molecule has 35 heavy (non-hydrogen) atoms. The van der Waals surface area contributed by atoms with E-state index in [1.54, 1.807) is 11.9 Å². The van der Waals surface area contributed by atoms with Gasteiger partial charge in [-0.15, -0.1) is 0 Å². The van der Waals surface area contributed by atoms with Gasteiger partial charge in [-0.05, 0) is 78.9 Å². The first kappa shape index (κ1) is 27.9. The van der Waals surface area contributed by atoms with Crippen LogP contribution < -0.4 is 0 Å². The summed E-state index contributed by atoms with van der Waals surface area (Å²) < 4.78 is 13.6. The normalized spacial score (nSPS) is 20.5. The molecule has 2 aliphatic heterocycles. The van der Waals surface area contributed by atoms with E-state index in [1.165, 1.54) is 24.2 Å². The molecular weight excluding hydrogens is 442 g/mol. The lowest BCUT2D eigenvalue weighted by molar-refractivity contribution is -0.0398. The van der Waals surface area contributed by atoms with Crippen LogP contribution in [0.5, 0.6) is 0 Å². The molecule has 0 saturated carbocycles. The number of carbonyl (C=O) groups excluding carboxylic acids is 1. The van der Waals surface area contributed by atoms with Gasteiger partial charge in [-0.3, -0.25) is 0 Å². The van der Waals surface area contributed by atoms with Crippen molar-refractivity contribution < 1.29 is 14.3 Å². The Hall–Kier alpha value is -1.64. The van der Waals surface area contributed by atoms with Crippen molar-refractivity contribution in [2.75, 3.05) is 53.4 Å². The van der Waals surface area contributed by atoms with Crippen LogP contribution in [0, 0.1) is 5.92 Å². The van der Waals surface area contributed by atoms with Gasteiger partial charge in [0.1, 0.15) is 11.8 Å². The van der Waals surface area contributed by atoms with Crippen molar-refractivity contribution in [2.24, 2.45) is 5.92 Å². The van der Waals surface area contributed by atoms with Crippen molar-refractivity contribution in [2.45, 2.75) is 91.0 Å². The second kappa shape index (κ2) is 12.5. The molecule has 1 aromatic heterocycles. The van der Waals surface area contributed by atoms with Crippen molar-refractivity contribution in [1.29, 1.82) is 0 Å². The maximum absolute atomic E-state index is 12.3. The van der Waals surface area contributed by atoms with Crippen LogP contribution in [0.4, 0.5) is 4.79 Å². The SMILES string of the molecule is CC(C)CN1CCC(c2nn([C@H]3CCCCO3)cc2CN(C)CCN(C)C(=O)OC(C)(C)C)CC1. The summed E-state index contributed by atoms with van der Waals surface area (Å²) in [5, 5.41) is 5.12. The Kier molecular flexibility index (Phi) is 10.0. The number of nitrogens with zero attached hydrogens (tertiary/aromatic N) is 5. The van der Waals surface area contributed by atoms with E-state index in [4.69, 9.17) is 14.6 Å². The molecule has 2 aliphatic rings. The van der Waals surface area contributed by atoms with Crippen molar-refractivity contribution in [3.05, 3.63) is 17.5 Å². The predicted octanol–water partition coefficient (Wildman–Crippen LogP) is 4.72. The standard InChI is InChI=1S/C27H49N5O3/c1-21(2)18-31-13-11-22(12-14-31)25-23(20-32(28-25)24-10-8-9-17-34-24)19-29(6)15-16-30(7)26(33)35-27(3,4)5/h20-22,24H,8-19H2,1-7H3/t24-/m1/s1. The molecule has 8 heteroatoms. The third kappa shape index (κ3) is 8.76. The molecule has 0 radical (unpaired) electrons. The Morgan fingerprint density at radius 2 is 1.89 bits per heavy atom. The number of likely N-dealkylation sites (N-methyl/N-ethyl adjacent to an activating group) is 2. The third-order valence-electron chi connectivity index (χ3n) is 6.85. The van der Waals surface area contributed by atoms with Gasteiger partial charge in [-0.25, -0.2) is 9.48 Å². The van der Waals surface area contributed by atoms with Gasteiger partial charge in [-0.2, -0.15) is 5.10 Å². The monoisotopic (exact) mass is 491 g/mol. The highest BCUT2D eigenvalue weighted by atomic mass is 16.6. The Bertz CT molecular complexity index is 789. The number of rotatable bonds is 9. The van der Waals surface area contributed by atoms with Gasteiger partial charge in [0.05, 0.1) is 5.69 Å². The molecule has 0 bridgehead atoms. The summed E-state index contributed by atoms with van der Waals surface area (Å²) in [5.41, 5.74) is 2.06. The molecule has 1 aromatic rings. The summed E-state index contributed by atoms with van der Waals surface area (Å²) in [6, 6.07) is 0. The topological polar surface area (TPSA) is 63.1 Å². The summed E-state index contributed by atoms with van der Waals surface area (Å²) in [5.74, 6) is 1.20. The van der Waals surface area contributed by atoms with Crippen LogP contribution in [0.2, 0.25) is 0 Å². The quantitative estimate of drug-likeness (QED) is 0.498. The first-order valence-electron chi connectivity index (χ1n) is 13.6. The van der Waals surface area contributed by atoms with Gasteiger partial charge < -0.3 is 24.2 Å². The van der Waals surface area contributed by atoms with Gasteiger partial charge in [-0.1, -0.05) is 13.8 Å². The van der Waals surface area contributed by atoms with E-state index in [0.29, 0.717) is 18.4 Å². The highest BCUT2D eigenvalue weighted by Crippen LogP contribution is 2.32. The molecule has 2 saturated heterocycles. The smallest absolute Gasteiger partial charge is 0.410 e. The minimum absolute atomic E-state index is 0.0564. The number of aromatic nitrogens is 2. The van der Waals surface area contributed by atoms with Crippen LogP contribution in [0.1, 0.15) is 90.1 Å². The molecule has 0 unspecified atom stereocenters. The van der Waals surface area contributed by atoms with Crippen molar-refractivity contribution in [3.63, 3.8) is 0 Å². The van der Waals surface area contributed by atoms with Crippen molar-refractivity contribution in [3.8, 4) is 0 Å². The lowest BCUT2D eigenvalue weighted by Gasteiger charge is -2.33. The van der Waals surface area contributed by atoms with Crippen LogP contribution in [0.25, 0.3) is 0 Å². The van der Waals surface area contributed by atoms with Gasteiger partial charge in [0.15, 0.2) is 0 Å². The summed E-state index contributed by atoms with van der Waals surface area (Å²) in [6.45, 7) is 16.8. The number of hydrogen-bond acceptors (Lipinski definition) is 6. The van der Waals surface area contributed by atoms with Crippen LogP contribution in [-0.2, 0) is 16.0 Å². The first-order valence-corrected chi connectivity index (χ1v) is 13.6. The largest absolute Gasteiger partial charge is 0.444 e. The van der Waals surface area contributed by atoms with E-state index in [-0.39, 0.29) is 12.3 Å². The second-order valence-electron chi connectivity index (χ2n) is 11.9. The zero-order valence-electron chi connectivity index (χ0n) is 23.3. The molecule has 1 amide bonds. The zero-order valence-corrected chi connectivity index (χ0v) is 23.3. The summed E-state index contributed by atoms with van der Waals surface area (Å²) in [7, 11) is 3.92. The van der Waals surface area contributed by atoms with E-state index in [1.807, 2.05) is 20.8 Å². The van der Waals surface area contributed by atoms with Crippen LogP contribution in [0.15, 0.2) is 6.20 Å². The van der Waals surface area contributed by atoms with Gasteiger partial charge in [0.2, 0.25) is 0 Å². The Labute approximate surface area is 212 Å². The van der Waals surface area contributed by atoms with E-state index in [2.05, 4.69) is 41.6 Å². The molecule has 0 aromatic carbocycles. The number of piperidine rings is 1. The molecule has 0 N–H and O–H groups in total. The summed E-state index contributed by atoms with van der Waals surface area (Å²) in [4.78, 5) is 18.9. The first-order chi connectivity index (χ1) is 16.5. The Balaban J connectivity index is 1.64. The highest BCUT2D eigenvalue weighted by Gasteiger charge is 2.28. The van der Waals surface area contributed by atoms with Crippen molar-refractivity contribution >= 4 is 6.09 Å². The molecule has 3 heterocycles. The van der Waals surface area contributed by atoms with E-state index in [0.717, 1.165) is 58.5 Å². The van der Waals surface area contributed by atoms with Crippen molar-refractivity contribution in [1.82, 2.24) is 24.5 Å². The minimum atomic E-state index is -0.480. The average molecular weight is 492 g/mol. The van der Waals surface area contributed by atoms with E-state index >= 15 is 0 Å². The minimum Gasteiger partial charge on any atom is -0.444 e. The molecule has 0 spiro atoms. The zero-order chi connectivity index (χ0) is 25.6. The van der Waals surface area contributed by atoms with E-state index in [9.17, 15) is 4.79 Å². The molecule has 200 valence electrons. The molecule has 1 atom stereocenters. The summed E-state index contributed by atoms with van der Waals surface area (Å²) >= 11 is 0. The fraction of sp³-hybridized carbons (Fsp3) is 0.852. The number of likely N-dealkylation sites (tertiary alicyclic amines) is 1. The second-order valence-corrected chi connectivity index (χ2v) is 11.9. The number of amides is 1. The summed E-state index contributed by atoms with van der Waals surface area (Å²) in [6.07, 6.45) is 7.69.